The summed E-state index contributed by atoms with van der Waals surface area (Å²) in [7, 11) is 3.95. The number of rotatable bonds is 21. The summed E-state index contributed by atoms with van der Waals surface area (Å²) < 4.78 is 0. The van der Waals surface area contributed by atoms with Crippen molar-refractivity contribution in [1.29, 1.82) is 0 Å². The van der Waals surface area contributed by atoms with Crippen LogP contribution in [0.25, 0.3) is 0 Å². The van der Waals surface area contributed by atoms with Crippen LogP contribution in [0.5, 0.6) is 0 Å². The number of likely N-dealkylation sites (N-methyl/N-ethyl adjacent to an activating group) is 2. The van der Waals surface area contributed by atoms with E-state index in [1.165, 1.54) is 0 Å². The fourth-order valence-corrected chi connectivity index (χ4v) is 2.06. The van der Waals surface area contributed by atoms with Gasteiger partial charge < -0.3 is 42.5 Å². The van der Waals surface area contributed by atoms with Crippen molar-refractivity contribution in [2.45, 2.75) is 0 Å². The van der Waals surface area contributed by atoms with E-state index in [4.69, 9.17) is 0 Å². The van der Waals surface area contributed by atoms with Crippen LogP contribution in [0.15, 0.2) is 0 Å². The monoisotopic (exact) mass is 346 g/mol. The van der Waals surface area contributed by atoms with E-state index in [1.807, 2.05) is 14.1 Å². The Bertz CT molecular complexity index is 196. The molecule has 0 fully saturated rings. The molecule has 0 bridgehead atoms. The molecule has 0 radical (unpaired) electrons. The highest BCUT2D eigenvalue weighted by Crippen LogP contribution is 1.65. The summed E-state index contributed by atoms with van der Waals surface area (Å²) in [5, 5.41) is 26.7. The maximum Gasteiger partial charge on any atom is 0.00772 e. The molecule has 0 spiro atoms. The molecular weight excluding hydrogens is 304 g/mol. The molecule has 8 nitrogen and oxygen atoms in total. The Hall–Kier alpha value is -0.320. The second-order valence-corrected chi connectivity index (χ2v) is 5.71. The third-order valence-electron chi connectivity index (χ3n) is 3.50. The zero-order valence-corrected chi connectivity index (χ0v) is 15.9. The predicted molar refractivity (Wildman–Crippen MR) is 105 cm³/mol. The molecule has 24 heavy (non-hydrogen) atoms. The van der Waals surface area contributed by atoms with E-state index in [0.29, 0.717) is 0 Å². The van der Waals surface area contributed by atoms with E-state index in [1.54, 1.807) is 0 Å². The van der Waals surface area contributed by atoms with E-state index in [9.17, 15) is 0 Å². The third-order valence-corrected chi connectivity index (χ3v) is 3.50. The third kappa shape index (κ3) is 21.7. The lowest BCUT2D eigenvalue weighted by Gasteiger charge is -2.09. The summed E-state index contributed by atoms with van der Waals surface area (Å²) in [6.45, 7) is 14.4. The van der Waals surface area contributed by atoms with Gasteiger partial charge in [-0.3, -0.25) is 0 Å². The van der Waals surface area contributed by atoms with E-state index >= 15 is 0 Å². The SMILES string of the molecule is CNCCNCCNCCNCCNCCNCCNCCNC. The molecule has 0 aromatic rings. The molecule has 0 rings (SSSR count). The van der Waals surface area contributed by atoms with E-state index in [2.05, 4.69) is 42.5 Å². The van der Waals surface area contributed by atoms with Crippen LogP contribution in [0.4, 0.5) is 0 Å². The molecule has 0 aromatic heterocycles. The van der Waals surface area contributed by atoms with Gasteiger partial charge in [-0.1, -0.05) is 0 Å². The van der Waals surface area contributed by atoms with Crippen molar-refractivity contribution in [3.05, 3.63) is 0 Å². The maximum atomic E-state index is 3.44. The van der Waals surface area contributed by atoms with Gasteiger partial charge in [-0.15, -0.1) is 0 Å². The van der Waals surface area contributed by atoms with Crippen molar-refractivity contribution in [2.75, 3.05) is 106 Å². The van der Waals surface area contributed by atoms with Crippen molar-refractivity contribution >= 4 is 0 Å². The van der Waals surface area contributed by atoms with Gasteiger partial charge in [0.05, 0.1) is 0 Å². The number of hydrogen-bond donors (Lipinski definition) is 8. The minimum Gasteiger partial charge on any atom is -0.318 e. The van der Waals surface area contributed by atoms with Gasteiger partial charge in [0.1, 0.15) is 0 Å². The van der Waals surface area contributed by atoms with Crippen molar-refractivity contribution in [3.63, 3.8) is 0 Å². The highest BCUT2D eigenvalue weighted by Gasteiger charge is 1.91. The van der Waals surface area contributed by atoms with Crippen molar-refractivity contribution in [3.8, 4) is 0 Å². The number of hydrogen-bond acceptors (Lipinski definition) is 8. The normalized spacial score (nSPS) is 11.2. The summed E-state index contributed by atoms with van der Waals surface area (Å²) in [6, 6.07) is 0. The summed E-state index contributed by atoms with van der Waals surface area (Å²) in [6.07, 6.45) is 0. The first-order valence-corrected chi connectivity index (χ1v) is 9.45. The first-order chi connectivity index (χ1) is 11.9. The van der Waals surface area contributed by atoms with E-state index < -0.39 is 0 Å². The van der Waals surface area contributed by atoms with Gasteiger partial charge >= 0.3 is 0 Å². The van der Waals surface area contributed by atoms with Crippen molar-refractivity contribution in [2.24, 2.45) is 0 Å². The van der Waals surface area contributed by atoms with Crippen LogP contribution in [0.2, 0.25) is 0 Å². The fourth-order valence-electron chi connectivity index (χ4n) is 2.06. The molecule has 0 amide bonds. The molecular formula is C16H42N8. The standard InChI is InChI=1S/C16H42N8/c1-17-3-5-19-7-9-21-11-13-23-15-16-24-14-12-22-10-8-20-6-4-18-2/h17-24H,3-16H2,1-2H3. The second-order valence-electron chi connectivity index (χ2n) is 5.71. The first-order valence-electron chi connectivity index (χ1n) is 9.45. The van der Waals surface area contributed by atoms with Gasteiger partial charge in [0, 0.05) is 91.6 Å². The Morgan fingerprint density at radius 2 is 0.458 bits per heavy atom. The highest BCUT2D eigenvalue weighted by atomic mass is 15.0. The Balaban J connectivity index is 2.93. The van der Waals surface area contributed by atoms with Crippen LogP contribution in [0, 0.1) is 0 Å². The van der Waals surface area contributed by atoms with Crippen LogP contribution in [0.3, 0.4) is 0 Å². The molecule has 0 saturated heterocycles. The molecule has 146 valence electrons. The summed E-state index contributed by atoms with van der Waals surface area (Å²) in [5.41, 5.74) is 0. The molecule has 0 aliphatic heterocycles. The molecule has 8 N–H and O–H groups in total. The lowest BCUT2D eigenvalue weighted by molar-refractivity contribution is 0.549. The van der Waals surface area contributed by atoms with Gasteiger partial charge in [0.2, 0.25) is 0 Å². The summed E-state index contributed by atoms with van der Waals surface area (Å²) in [4.78, 5) is 0. The molecule has 0 heterocycles. The summed E-state index contributed by atoms with van der Waals surface area (Å²) in [5.74, 6) is 0. The largest absolute Gasteiger partial charge is 0.318 e. The minimum absolute atomic E-state index is 1.02. The Morgan fingerprint density at radius 3 is 0.625 bits per heavy atom. The Kier molecular flexibility index (Phi) is 22.4. The molecule has 0 aromatic carbocycles. The molecule has 8 heteroatoms. The summed E-state index contributed by atoms with van der Waals surface area (Å²) >= 11 is 0. The Morgan fingerprint density at radius 1 is 0.292 bits per heavy atom. The van der Waals surface area contributed by atoms with E-state index in [-0.39, 0.29) is 0 Å². The van der Waals surface area contributed by atoms with Crippen LogP contribution in [-0.4, -0.2) is 106 Å². The maximum absolute atomic E-state index is 3.44. The second kappa shape index (κ2) is 22.7. The number of nitrogens with one attached hydrogen (secondary N) is 8. The van der Waals surface area contributed by atoms with Gasteiger partial charge in [-0.2, -0.15) is 0 Å². The molecule has 0 saturated carbocycles. The average molecular weight is 347 g/mol. The predicted octanol–water partition coefficient (Wildman–Crippen LogP) is -3.04. The van der Waals surface area contributed by atoms with Crippen LogP contribution >= 0.6 is 0 Å². The topological polar surface area (TPSA) is 96.2 Å². The highest BCUT2D eigenvalue weighted by molar-refractivity contribution is 4.58. The lowest BCUT2D eigenvalue weighted by atomic mass is 10.5. The molecule has 0 aliphatic carbocycles. The van der Waals surface area contributed by atoms with Crippen molar-refractivity contribution in [1.82, 2.24) is 42.5 Å². The molecule has 0 atom stereocenters. The van der Waals surface area contributed by atoms with Gasteiger partial charge in [-0.25, -0.2) is 0 Å². The van der Waals surface area contributed by atoms with Crippen LogP contribution < -0.4 is 42.5 Å². The van der Waals surface area contributed by atoms with Gasteiger partial charge in [-0.05, 0) is 14.1 Å². The smallest absolute Gasteiger partial charge is 0.00772 e. The quantitative estimate of drug-likeness (QED) is 0.104. The lowest BCUT2D eigenvalue weighted by Crippen LogP contribution is -2.38. The zero-order chi connectivity index (χ0) is 17.6. The van der Waals surface area contributed by atoms with Gasteiger partial charge in [0.15, 0.2) is 0 Å². The van der Waals surface area contributed by atoms with Crippen LogP contribution in [0.1, 0.15) is 0 Å². The van der Waals surface area contributed by atoms with Crippen LogP contribution in [-0.2, 0) is 0 Å². The van der Waals surface area contributed by atoms with E-state index in [0.717, 1.165) is 91.6 Å². The molecule has 0 aliphatic rings. The first kappa shape index (κ1) is 23.7. The van der Waals surface area contributed by atoms with Crippen molar-refractivity contribution < 1.29 is 0 Å². The fraction of sp³-hybridized carbons (Fsp3) is 1.00. The zero-order valence-electron chi connectivity index (χ0n) is 15.9. The Labute approximate surface area is 149 Å². The van der Waals surface area contributed by atoms with Gasteiger partial charge in [0.25, 0.3) is 0 Å². The average Bonchev–Trinajstić information content (AvgIpc) is 2.60. The minimum atomic E-state index is 1.02. The molecule has 0 unspecified atom stereocenters.